The molecule has 1 rings (SSSR count). The minimum absolute atomic E-state index is 0.141. The number of benzene rings is 1. The van der Waals surface area contributed by atoms with E-state index in [4.69, 9.17) is 0 Å². The fourth-order valence-corrected chi connectivity index (χ4v) is 1.91. The molecule has 0 amide bonds. The summed E-state index contributed by atoms with van der Waals surface area (Å²) >= 11 is 1.19. The van der Waals surface area contributed by atoms with Crippen molar-refractivity contribution in [2.45, 2.75) is 24.3 Å². The standard InChI is InChI=1S/C11H15F2NS/c1-8(14-2)9-4-3-5-10(6-9)15-7-11(12)13/h3-6,8,11,14H,7H2,1-2H3. The second-order valence-electron chi connectivity index (χ2n) is 3.28. The summed E-state index contributed by atoms with van der Waals surface area (Å²) in [5, 5.41) is 3.12. The number of hydrogen-bond donors (Lipinski definition) is 1. The fourth-order valence-electron chi connectivity index (χ4n) is 1.20. The third-order valence-corrected chi connectivity index (χ3v) is 3.17. The van der Waals surface area contributed by atoms with Crippen LogP contribution in [0.3, 0.4) is 0 Å². The molecule has 1 N–H and O–H groups in total. The predicted molar refractivity (Wildman–Crippen MR) is 60.6 cm³/mol. The summed E-state index contributed by atoms with van der Waals surface area (Å²) in [4.78, 5) is 0.898. The molecule has 0 radical (unpaired) electrons. The number of alkyl halides is 2. The first kappa shape index (κ1) is 12.5. The average Bonchev–Trinajstić information content (AvgIpc) is 2.25. The van der Waals surface area contributed by atoms with E-state index in [-0.39, 0.29) is 11.8 Å². The SMILES string of the molecule is CNC(C)c1cccc(SCC(F)F)c1. The Morgan fingerprint density at radius 1 is 1.40 bits per heavy atom. The molecule has 0 spiro atoms. The monoisotopic (exact) mass is 231 g/mol. The second-order valence-corrected chi connectivity index (χ2v) is 4.38. The molecule has 1 atom stereocenters. The van der Waals surface area contributed by atoms with Crippen molar-refractivity contribution in [3.8, 4) is 0 Å². The molecule has 0 fully saturated rings. The highest BCUT2D eigenvalue weighted by Crippen LogP contribution is 2.23. The van der Waals surface area contributed by atoms with Crippen molar-refractivity contribution in [2.24, 2.45) is 0 Å². The molecule has 0 aromatic heterocycles. The van der Waals surface area contributed by atoms with Gasteiger partial charge in [-0.05, 0) is 31.7 Å². The zero-order valence-electron chi connectivity index (χ0n) is 8.84. The smallest absolute Gasteiger partial charge is 0.247 e. The molecular weight excluding hydrogens is 216 g/mol. The highest BCUT2D eigenvalue weighted by atomic mass is 32.2. The molecule has 15 heavy (non-hydrogen) atoms. The molecule has 0 heterocycles. The van der Waals surface area contributed by atoms with Gasteiger partial charge in [-0.3, -0.25) is 0 Å². The van der Waals surface area contributed by atoms with Gasteiger partial charge in [0.05, 0.1) is 5.75 Å². The highest BCUT2D eigenvalue weighted by Gasteiger charge is 2.06. The van der Waals surface area contributed by atoms with E-state index in [0.29, 0.717) is 0 Å². The van der Waals surface area contributed by atoms with Gasteiger partial charge in [0.1, 0.15) is 0 Å². The van der Waals surface area contributed by atoms with Crippen LogP contribution in [0.2, 0.25) is 0 Å². The molecule has 4 heteroatoms. The van der Waals surface area contributed by atoms with Gasteiger partial charge in [-0.1, -0.05) is 12.1 Å². The van der Waals surface area contributed by atoms with E-state index in [9.17, 15) is 8.78 Å². The Labute approximate surface area is 93.3 Å². The maximum atomic E-state index is 12.0. The molecule has 1 aromatic carbocycles. The zero-order valence-corrected chi connectivity index (χ0v) is 9.65. The molecule has 0 aliphatic heterocycles. The molecule has 1 nitrogen and oxygen atoms in total. The molecule has 0 aliphatic carbocycles. The van der Waals surface area contributed by atoms with Crippen LogP contribution in [-0.4, -0.2) is 19.2 Å². The van der Waals surface area contributed by atoms with Gasteiger partial charge in [-0.15, -0.1) is 11.8 Å². The van der Waals surface area contributed by atoms with Crippen LogP contribution in [0.15, 0.2) is 29.2 Å². The Morgan fingerprint density at radius 3 is 2.73 bits per heavy atom. The van der Waals surface area contributed by atoms with Crippen LogP contribution in [0.5, 0.6) is 0 Å². The van der Waals surface area contributed by atoms with E-state index in [1.807, 2.05) is 38.2 Å². The van der Waals surface area contributed by atoms with Crippen molar-refractivity contribution >= 4 is 11.8 Å². The van der Waals surface area contributed by atoms with Crippen molar-refractivity contribution in [3.05, 3.63) is 29.8 Å². The minimum atomic E-state index is -2.25. The van der Waals surface area contributed by atoms with Crippen molar-refractivity contribution < 1.29 is 8.78 Å². The van der Waals surface area contributed by atoms with Crippen molar-refractivity contribution in [3.63, 3.8) is 0 Å². The molecule has 1 unspecified atom stereocenters. The lowest BCUT2D eigenvalue weighted by Crippen LogP contribution is -2.12. The number of nitrogens with one attached hydrogen (secondary N) is 1. The first-order chi connectivity index (χ1) is 7.13. The van der Waals surface area contributed by atoms with Crippen LogP contribution in [0.4, 0.5) is 8.78 Å². The van der Waals surface area contributed by atoms with Gasteiger partial charge in [-0.25, -0.2) is 8.78 Å². The van der Waals surface area contributed by atoms with E-state index >= 15 is 0 Å². The first-order valence-corrected chi connectivity index (χ1v) is 5.80. The predicted octanol–water partition coefficient (Wildman–Crippen LogP) is 3.32. The quantitative estimate of drug-likeness (QED) is 0.780. The third kappa shape index (κ3) is 4.18. The van der Waals surface area contributed by atoms with Gasteiger partial charge in [0.25, 0.3) is 0 Å². The number of rotatable bonds is 5. The molecular formula is C11H15F2NS. The van der Waals surface area contributed by atoms with Gasteiger partial charge in [0.15, 0.2) is 0 Å². The molecule has 0 aliphatic rings. The Bertz CT molecular complexity index is 304. The molecule has 84 valence electrons. The van der Waals surface area contributed by atoms with Crippen molar-refractivity contribution in [1.29, 1.82) is 0 Å². The lowest BCUT2D eigenvalue weighted by Gasteiger charge is -2.11. The van der Waals surface area contributed by atoms with E-state index in [2.05, 4.69) is 5.32 Å². The average molecular weight is 231 g/mol. The largest absolute Gasteiger partial charge is 0.313 e. The topological polar surface area (TPSA) is 12.0 Å². The van der Waals surface area contributed by atoms with Gasteiger partial charge in [0, 0.05) is 10.9 Å². The Kier molecular flexibility index (Phi) is 5.05. The molecule has 1 aromatic rings. The van der Waals surface area contributed by atoms with E-state index in [0.717, 1.165) is 10.5 Å². The fraction of sp³-hybridized carbons (Fsp3) is 0.455. The Hall–Kier alpha value is -0.610. The van der Waals surface area contributed by atoms with Gasteiger partial charge < -0.3 is 5.32 Å². The van der Waals surface area contributed by atoms with Crippen LogP contribution in [0.25, 0.3) is 0 Å². The van der Waals surface area contributed by atoms with Gasteiger partial charge in [-0.2, -0.15) is 0 Å². The molecule has 0 saturated heterocycles. The number of thioether (sulfide) groups is 1. The van der Waals surface area contributed by atoms with Gasteiger partial charge in [0.2, 0.25) is 6.43 Å². The third-order valence-electron chi connectivity index (χ3n) is 2.17. The normalized spacial score (nSPS) is 13.1. The zero-order chi connectivity index (χ0) is 11.3. The summed E-state index contributed by atoms with van der Waals surface area (Å²) < 4.78 is 24.0. The Morgan fingerprint density at radius 2 is 2.13 bits per heavy atom. The summed E-state index contributed by atoms with van der Waals surface area (Å²) in [7, 11) is 1.88. The van der Waals surface area contributed by atoms with Crippen LogP contribution in [-0.2, 0) is 0 Å². The number of halogens is 2. The maximum Gasteiger partial charge on any atom is 0.247 e. The van der Waals surface area contributed by atoms with Crippen LogP contribution in [0, 0.1) is 0 Å². The van der Waals surface area contributed by atoms with E-state index in [1.54, 1.807) is 0 Å². The Balaban J connectivity index is 2.65. The van der Waals surface area contributed by atoms with E-state index in [1.165, 1.54) is 11.8 Å². The van der Waals surface area contributed by atoms with Crippen molar-refractivity contribution in [2.75, 3.05) is 12.8 Å². The van der Waals surface area contributed by atoms with Crippen molar-refractivity contribution in [1.82, 2.24) is 5.32 Å². The number of hydrogen-bond acceptors (Lipinski definition) is 2. The summed E-state index contributed by atoms with van der Waals surface area (Å²) in [6.45, 7) is 2.04. The summed E-state index contributed by atoms with van der Waals surface area (Å²) in [5.41, 5.74) is 1.12. The van der Waals surface area contributed by atoms with Gasteiger partial charge >= 0.3 is 0 Å². The first-order valence-electron chi connectivity index (χ1n) is 4.81. The second kappa shape index (κ2) is 6.08. The van der Waals surface area contributed by atoms with E-state index < -0.39 is 6.43 Å². The molecule has 0 saturated carbocycles. The summed E-state index contributed by atoms with van der Waals surface area (Å²) in [6, 6.07) is 7.95. The molecule has 0 bridgehead atoms. The summed E-state index contributed by atoms with van der Waals surface area (Å²) in [5.74, 6) is -0.141. The van der Waals surface area contributed by atoms with Crippen LogP contribution >= 0.6 is 11.8 Å². The lowest BCUT2D eigenvalue weighted by molar-refractivity contribution is 0.177. The highest BCUT2D eigenvalue weighted by molar-refractivity contribution is 7.99. The minimum Gasteiger partial charge on any atom is -0.313 e. The maximum absolute atomic E-state index is 12.0. The summed E-state index contributed by atoms with van der Waals surface area (Å²) in [6.07, 6.45) is -2.25. The lowest BCUT2D eigenvalue weighted by atomic mass is 10.1. The van der Waals surface area contributed by atoms with Crippen LogP contribution in [0.1, 0.15) is 18.5 Å². The van der Waals surface area contributed by atoms with Crippen LogP contribution < -0.4 is 5.32 Å².